The number of aromatic nitrogens is 5. The van der Waals surface area contributed by atoms with Crippen molar-refractivity contribution in [2.24, 2.45) is 0 Å². The van der Waals surface area contributed by atoms with Gasteiger partial charge in [-0.25, -0.2) is 15.0 Å². The monoisotopic (exact) mass is 881 g/mol. The molecule has 322 valence electrons. The highest BCUT2D eigenvalue weighted by molar-refractivity contribution is 6.20. The number of para-hydroxylation sites is 3. The second-order valence-corrected chi connectivity index (χ2v) is 17.6. The summed E-state index contributed by atoms with van der Waals surface area (Å²) in [5.41, 5.74) is 15.4. The summed E-state index contributed by atoms with van der Waals surface area (Å²) in [6.07, 6.45) is 0. The number of fused-ring (bicyclic) bond motifs is 9. The van der Waals surface area contributed by atoms with Crippen molar-refractivity contribution in [1.82, 2.24) is 24.1 Å². The molecule has 0 unspecified atom stereocenters. The van der Waals surface area contributed by atoms with E-state index in [0.29, 0.717) is 17.5 Å². The molecule has 6 heteroatoms. The van der Waals surface area contributed by atoms with Crippen molar-refractivity contribution in [3.63, 3.8) is 0 Å². The van der Waals surface area contributed by atoms with Gasteiger partial charge in [-0.2, -0.15) is 0 Å². The van der Waals surface area contributed by atoms with E-state index in [9.17, 15) is 0 Å². The lowest BCUT2D eigenvalue weighted by Crippen LogP contribution is -2.00. The number of hydrogen-bond acceptors (Lipinski definition) is 4. The Morgan fingerprint density at radius 3 is 1.41 bits per heavy atom. The van der Waals surface area contributed by atoms with Crippen LogP contribution < -0.4 is 0 Å². The summed E-state index contributed by atoms with van der Waals surface area (Å²) < 4.78 is 11.8. The predicted molar refractivity (Wildman–Crippen MR) is 283 cm³/mol. The van der Waals surface area contributed by atoms with E-state index in [-0.39, 0.29) is 0 Å². The Hall–Kier alpha value is -9.39. The zero-order chi connectivity index (χ0) is 45.4. The van der Waals surface area contributed by atoms with Crippen LogP contribution in [-0.2, 0) is 0 Å². The van der Waals surface area contributed by atoms with Crippen LogP contribution in [0.4, 0.5) is 0 Å². The molecule has 0 aliphatic carbocycles. The highest BCUT2D eigenvalue weighted by Gasteiger charge is 2.22. The highest BCUT2D eigenvalue weighted by atomic mass is 16.3. The van der Waals surface area contributed by atoms with Crippen molar-refractivity contribution in [2.75, 3.05) is 0 Å². The Bertz CT molecular complexity index is 4230. The Morgan fingerprint density at radius 1 is 0.275 bits per heavy atom. The van der Waals surface area contributed by atoms with Gasteiger partial charge in [-0.15, -0.1) is 0 Å². The van der Waals surface area contributed by atoms with Gasteiger partial charge in [0.05, 0.1) is 22.1 Å². The Balaban J connectivity index is 0.969. The van der Waals surface area contributed by atoms with E-state index >= 15 is 0 Å². The number of rotatable bonds is 7. The zero-order valence-electron chi connectivity index (χ0n) is 37.2. The molecule has 0 radical (unpaired) electrons. The van der Waals surface area contributed by atoms with Crippen molar-refractivity contribution in [2.45, 2.75) is 0 Å². The average Bonchev–Trinajstić information content (AvgIpc) is 4.07. The highest BCUT2D eigenvalue weighted by Crippen LogP contribution is 2.44. The van der Waals surface area contributed by atoms with E-state index in [2.05, 4.69) is 185 Å². The molecule has 0 N–H and O–H groups in total. The van der Waals surface area contributed by atoms with E-state index in [1.165, 1.54) is 27.1 Å². The van der Waals surface area contributed by atoms with Crippen LogP contribution >= 0.6 is 0 Å². The van der Waals surface area contributed by atoms with Crippen LogP contribution in [-0.4, -0.2) is 24.1 Å². The smallest absolute Gasteiger partial charge is 0.164 e. The molecule has 0 saturated heterocycles. The molecular formula is C63H39N5O. The first-order valence-electron chi connectivity index (χ1n) is 23.3. The lowest BCUT2D eigenvalue weighted by atomic mass is 9.93. The Kier molecular flexibility index (Phi) is 8.79. The van der Waals surface area contributed by atoms with Gasteiger partial charge in [-0.1, -0.05) is 164 Å². The summed E-state index contributed by atoms with van der Waals surface area (Å²) in [6.45, 7) is 0. The molecule has 0 amide bonds. The number of furan rings is 1. The molecule has 69 heavy (non-hydrogen) atoms. The van der Waals surface area contributed by atoms with Crippen molar-refractivity contribution in [1.29, 1.82) is 0 Å². The molecule has 0 saturated carbocycles. The number of hydrogen-bond donors (Lipinski definition) is 0. The predicted octanol–water partition coefficient (Wildman–Crippen LogP) is 16.3. The van der Waals surface area contributed by atoms with Crippen LogP contribution in [0.15, 0.2) is 241 Å². The molecule has 6 nitrogen and oxygen atoms in total. The van der Waals surface area contributed by atoms with Crippen LogP contribution in [0.5, 0.6) is 0 Å². The first-order chi connectivity index (χ1) is 34.2. The Labute approximate surface area is 396 Å². The molecule has 14 rings (SSSR count). The summed E-state index contributed by atoms with van der Waals surface area (Å²) in [7, 11) is 0. The molecule has 0 atom stereocenters. The first kappa shape index (κ1) is 38.8. The summed E-state index contributed by atoms with van der Waals surface area (Å²) >= 11 is 0. The Morgan fingerprint density at radius 2 is 0.783 bits per heavy atom. The fourth-order valence-corrected chi connectivity index (χ4v) is 10.4. The molecule has 4 aromatic heterocycles. The van der Waals surface area contributed by atoms with Gasteiger partial charge in [0.2, 0.25) is 0 Å². The van der Waals surface area contributed by atoms with Gasteiger partial charge in [0.15, 0.2) is 17.5 Å². The van der Waals surface area contributed by atoms with Gasteiger partial charge >= 0.3 is 0 Å². The van der Waals surface area contributed by atoms with Gasteiger partial charge in [0, 0.05) is 66.4 Å². The topological polar surface area (TPSA) is 61.7 Å². The average molecular weight is 882 g/mol. The molecule has 0 aliphatic rings. The van der Waals surface area contributed by atoms with Crippen LogP contribution in [0, 0.1) is 0 Å². The molecule has 0 fully saturated rings. The fraction of sp³-hybridized carbons (Fsp3) is 0. The summed E-state index contributed by atoms with van der Waals surface area (Å²) in [5.74, 6) is 1.86. The van der Waals surface area contributed by atoms with Gasteiger partial charge in [-0.3, -0.25) is 0 Å². The minimum Gasteiger partial charge on any atom is -0.456 e. The summed E-state index contributed by atoms with van der Waals surface area (Å²) in [5, 5.41) is 6.97. The molecular weight excluding hydrogens is 843 g/mol. The van der Waals surface area contributed by atoms with Gasteiger partial charge < -0.3 is 13.6 Å². The van der Waals surface area contributed by atoms with Crippen LogP contribution in [0.25, 0.3) is 133 Å². The third kappa shape index (κ3) is 6.38. The van der Waals surface area contributed by atoms with Gasteiger partial charge in [0.25, 0.3) is 0 Å². The maximum atomic E-state index is 7.02. The largest absolute Gasteiger partial charge is 0.456 e. The van der Waals surface area contributed by atoms with E-state index in [0.717, 1.165) is 88.8 Å². The molecule has 0 aliphatic heterocycles. The standard InChI is InChI=1S/C63H39N5O/c1-5-18-40(19-6-1)45-35-51(43-24-17-25-44(34-43)63-65-61(41-20-7-2-8-21-41)64-62(66-63)42-22-9-3-10-23-42)60-50-33-32-47(37-58(50)69-59(60)36-45)68-55-31-16-14-29-49(55)53-38-52-48-28-13-15-30-54(48)67(56(52)39-57(53)68)46-26-11-4-12-27-46/h1-39H. The lowest BCUT2D eigenvalue weighted by molar-refractivity contribution is 0.669. The normalized spacial score (nSPS) is 11.8. The maximum Gasteiger partial charge on any atom is 0.164 e. The van der Waals surface area contributed by atoms with Crippen LogP contribution in [0.1, 0.15) is 0 Å². The SMILES string of the molecule is c1ccc(-c2cc(-c3cccc(-c4nc(-c5ccccc5)nc(-c5ccccc5)n4)c3)c3c(c2)oc2cc(-n4c5ccccc5c5cc6c7ccccc7n(-c7ccccc7)c6cc54)ccc23)cc1. The van der Waals surface area contributed by atoms with Crippen molar-refractivity contribution in [3.05, 3.63) is 237 Å². The quantitative estimate of drug-likeness (QED) is 0.160. The zero-order valence-corrected chi connectivity index (χ0v) is 37.2. The number of benzene rings is 10. The minimum absolute atomic E-state index is 0.606. The fourth-order valence-electron chi connectivity index (χ4n) is 10.4. The van der Waals surface area contributed by atoms with Crippen LogP contribution in [0.3, 0.4) is 0 Å². The second-order valence-electron chi connectivity index (χ2n) is 17.6. The van der Waals surface area contributed by atoms with Gasteiger partial charge in [0.1, 0.15) is 11.2 Å². The van der Waals surface area contributed by atoms with Crippen molar-refractivity contribution in [3.8, 4) is 67.8 Å². The third-order valence-corrected chi connectivity index (χ3v) is 13.5. The molecule has 10 aromatic carbocycles. The number of nitrogens with zero attached hydrogens (tertiary/aromatic N) is 5. The van der Waals surface area contributed by atoms with Crippen LogP contribution in [0.2, 0.25) is 0 Å². The maximum absolute atomic E-state index is 7.02. The minimum atomic E-state index is 0.606. The summed E-state index contributed by atoms with van der Waals surface area (Å²) in [4.78, 5) is 15.1. The van der Waals surface area contributed by atoms with E-state index in [4.69, 9.17) is 19.4 Å². The lowest BCUT2D eigenvalue weighted by Gasteiger charge is -2.12. The molecule has 4 heterocycles. The third-order valence-electron chi connectivity index (χ3n) is 13.5. The van der Waals surface area contributed by atoms with E-state index in [1.807, 2.05) is 60.7 Å². The van der Waals surface area contributed by atoms with Crippen molar-refractivity contribution < 1.29 is 4.42 Å². The van der Waals surface area contributed by atoms with E-state index < -0.39 is 0 Å². The summed E-state index contributed by atoms with van der Waals surface area (Å²) in [6, 6.07) is 83.3. The first-order valence-corrected chi connectivity index (χ1v) is 23.3. The molecule has 0 bridgehead atoms. The van der Waals surface area contributed by atoms with Gasteiger partial charge in [-0.05, 0) is 89.0 Å². The molecule has 0 spiro atoms. The van der Waals surface area contributed by atoms with Crippen molar-refractivity contribution >= 4 is 65.6 Å². The second kappa shape index (κ2) is 15.6. The van der Waals surface area contributed by atoms with E-state index in [1.54, 1.807) is 0 Å². The molecule has 14 aromatic rings.